The molecule has 3 aromatic carbocycles. The van der Waals surface area contributed by atoms with Crippen molar-refractivity contribution in [3.63, 3.8) is 0 Å². The lowest BCUT2D eigenvalue weighted by atomic mass is 10.1. The first-order valence-electron chi connectivity index (χ1n) is 11.8. The van der Waals surface area contributed by atoms with Crippen molar-refractivity contribution in [1.82, 2.24) is 15.4 Å². The molecule has 0 atom stereocenters. The number of carbonyl (C=O) groups excluding carboxylic acids is 2. The molecule has 4 aromatic rings. The number of ether oxygens (including phenoxy) is 3. The number of nitrogens with zero attached hydrogens (tertiary/aromatic N) is 2. The Kier molecular flexibility index (Phi) is 7.21. The molecule has 0 aliphatic carbocycles. The maximum atomic E-state index is 13.4. The maximum Gasteiger partial charge on any atom is 0.273 e. The van der Waals surface area contributed by atoms with Crippen LogP contribution in [-0.4, -0.2) is 35.8 Å². The number of amides is 2. The number of methoxy groups -OCH3 is 1. The quantitative estimate of drug-likeness (QED) is 0.353. The van der Waals surface area contributed by atoms with E-state index in [0.717, 1.165) is 11.1 Å². The predicted octanol–water partition coefficient (Wildman–Crippen LogP) is 4.32. The van der Waals surface area contributed by atoms with Gasteiger partial charge in [0.05, 0.1) is 13.7 Å². The number of nitrogens with one attached hydrogen (secondary N) is 1. The molecule has 1 N–H and O–H groups in total. The topological polar surface area (TPSA) is 103 Å². The maximum absolute atomic E-state index is 13.4. The minimum Gasteiger partial charge on any atom is -0.497 e. The van der Waals surface area contributed by atoms with Gasteiger partial charge in [0.1, 0.15) is 11.6 Å². The van der Waals surface area contributed by atoms with Crippen LogP contribution in [0.1, 0.15) is 37.7 Å². The van der Waals surface area contributed by atoms with E-state index >= 15 is 0 Å². The third-order valence-electron chi connectivity index (χ3n) is 5.94. The zero-order chi connectivity index (χ0) is 26.5. The van der Waals surface area contributed by atoms with Crippen LogP contribution < -0.4 is 19.5 Å². The first kappa shape index (κ1) is 24.8. The zero-order valence-electron chi connectivity index (χ0n) is 20.5. The van der Waals surface area contributed by atoms with Gasteiger partial charge >= 0.3 is 0 Å². The molecule has 2 amide bonds. The lowest BCUT2D eigenvalue weighted by Crippen LogP contribution is -2.30. The molecule has 0 saturated heterocycles. The lowest BCUT2D eigenvalue weighted by molar-refractivity contribution is 0.0713. The predicted molar refractivity (Wildman–Crippen MR) is 133 cm³/mol. The van der Waals surface area contributed by atoms with Crippen LogP contribution in [0.4, 0.5) is 4.39 Å². The number of aromatic nitrogens is 1. The number of benzene rings is 3. The van der Waals surface area contributed by atoms with Gasteiger partial charge in [0, 0.05) is 24.7 Å². The summed E-state index contributed by atoms with van der Waals surface area (Å²) in [6.07, 6.45) is 0. The van der Waals surface area contributed by atoms with Crippen molar-refractivity contribution < 1.29 is 32.7 Å². The van der Waals surface area contributed by atoms with Crippen molar-refractivity contribution in [1.29, 1.82) is 0 Å². The van der Waals surface area contributed by atoms with E-state index in [9.17, 15) is 14.0 Å². The van der Waals surface area contributed by atoms with Gasteiger partial charge in [-0.2, -0.15) is 0 Å². The fraction of sp³-hybridized carbons (Fsp3) is 0.179. The normalized spacial score (nSPS) is 11.7. The van der Waals surface area contributed by atoms with Crippen LogP contribution in [0.2, 0.25) is 0 Å². The Morgan fingerprint density at radius 3 is 2.45 bits per heavy atom. The molecule has 9 nitrogen and oxygen atoms in total. The Hall–Kier alpha value is -4.86. The largest absolute Gasteiger partial charge is 0.497 e. The number of rotatable bonds is 9. The molecule has 1 aromatic heterocycles. The molecule has 1 aliphatic rings. The Labute approximate surface area is 217 Å². The summed E-state index contributed by atoms with van der Waals surface area (Å²) in [5.74, 6) is 1.11. The van der Waals surface area contributed by atoms with Crippen LogP contribution in [0.15, 0.2) is 77.3 Å². The summed E-state index contributed by atoms with van der Waals surface area (Å²) in [4.78, 5) is 27.5. The van der Waals surface area contributed by atoms with E-state index in [4.69, 9.17) is 18.7 Å². The van der Waals surface area contributed by atoms with Gasteiger partial charge in [-0.25, -0.2) is 4.39 Å². The molecule has 0 unspecified atom stereocenters. The Morgan fingerprint density at radius 2 is 1.68 bits per heavy atom. The summed E-state index contributed by atoms with van der Waals surface area (Å²) in [6, 6.07) is 19.5. The summed E-state index contributed by atoms with van der Waals surface area (Å²) in [6.45, 7) is 0.716. The van der Waals surface area contributed by atoms with Crippen LogP contribution >= 0.6 is 0 Å². The van der Waals surface area contributed by atoms with Gasteiger partial charge in [0.15, 0.2) is 23.0 Å². The van der Waals surface area contributed by atoms with E-state index in [-0.39, 0.29) is 38.0 Å². The van der Waals surface area contributed by atoms with Crippen LogP contribution in [0.5, 0.6) is 17.2 Å². The van der Waals surface area contributed by atoms with Crippen molar-refractivity contribution in [2.75, 3.05) is 13.9 Å². The summed E-state index contributed by atoms with van der Waals surface area (Å²) < 4.78 is 34.7. The average molecular weight is 518 g/mol. The highest BCUT2D eigenvalue weighted by molar-refractivity contribution is 5.94. The highest BCUT2D eigenvalue weighted by Gasteiger charge is 2.21. The van der Waals surface area contributed by atoms with Crippen LogP contribution in [-0.2, 0) is 19.6 Å². The molecular formula is C28H24FN3O6. The lowest BCUT2D eigenvalue weighted by Gasteiger charge is -2.22. The molecule has 0 bridgehead atoms. The molecule has 10 heteroatoms. The monoisotopic (exact) mass is 517 g/mol. The second kappa shape index (κ2) is 11.0. The van der Waals surface area contributed by atoms with Crippen LogP contribution in [0.25, 0.3) is 0 Å². The Morgan fingerprint density at radius 1 is 0.947 bits per heavy atom. The van der Waals surface area contributed by atoms with Crippen molar-refractivity contribution in [3.8, 4) is 17.2 Å². The molecule has 2 heterocycles. The van der Waals surface area contributed by atoms with E-state index in [1.54, 1.807) is 31.4 Å². The number of carbonyl (C=O) groups is 2. The van der Waals surface area contributed by atoms with E-state index in [2.05, 4.69) is 10.5 Å². The molecule has 0 spiro atoms. The second-order valence-electron chi connectivity index (χ2n) is 8.56. The minimum atomic E-state index is -0.435. The van der Waals surface area contributed by atoms with Gasteiger partial charge in [-0.3, -0.25) is 9.59 Å². The van der Waals surface area contributed by atoms with Gasteiger partial charge in [-0.15, -0.1) is 0 Å². The first-order valence-corrected chi connectivity index (χ1v) is 11.8. The summed E-state index contributed by atoms with van der Waals surface area (Å²) in [5, 5.41) is 6.67. The average Bonchev–Trinajstić information content (AvgIpc) is 3.61. The minimum absolute atomic E-state index is 0.0463. The second-order valence-corrected chi connectivity index (χ2v) is 8.56. The van der Waals surface area contributed by atoms with Crippen molar-refractivity contribution >= 4 is 11.8 Å². The molecule has 0 fully saturated rings. The summed E-state index contributed by atoms with van der Waals surface area (Å²) in [7, 11) is 1.58. The molecule has 38 heavy (non-hydrogen) atoms. The number of hydrogen-bond acceptors (Lipinski definition) is 7. The fourth-order valence-corrected chi connectivity index (χ4v) is 3.93. The number of halogens is 1. The molecule has 1 aliphatic heterocycles. The molecule has 5 rings (SSSR count). The van der Waals surface area contributed by atoms with E-state index in [0.29, 0.717) is 28.6 Å². The van der Waals surface area contributed by atoms with Gasteiger partial charge in [0.2, 0.25) is 6.79 Å². The third kappa shape index (κ3) is 5.75. The third-order valence-corrected chi connectivity index (χ3v) is 5.94. The van der Waals surface area contributed by atoms with Crippen LogP contribution in [0, 0.1) is 5.82 Å². The highest BCUT2D eigenvalue weighted by atomic mass is 19.1. The van der Waals surface area contributed by atoms with Gasteiger partial charge in [-0.05, 0) is 59.7 Å². The summed E-state index contributed by atoms with van der Waals surface area (Å²) >= 11 is 0. The van der Waals surface area contributed by atoms with Crippen molar-refractivity contribution in [2.24, 2.45) is 0 Å². The molecule has 0 saturated carbocycles. The zero-order valence-corrected chi connectivity index (χ0v) is 20.5. The molecule has 194 valence electrons. The van der Waals surface area contributed by atoms with E-state index < -0.39 is 11.7 Å². The fourth-order valence-electron chi connectivity index (χ4n) is 3.93. The van der Waals surface area contributed by atoms with E-state index in [1.807, 2.05) is 18.2 Å². The van der Waals surface area contributed by atoms with Gasteiger partial charge in [-0.1, -0.05) is 23.4 Å². The summed E-state index contributed by atoms with van der Waals surface area (Å²) in [5.41, 5.74) is 2.09. The van der Waals surface area contributed by atoms with Crippen LogP contribution in [0.3, 0.4) is 0 Å². The number of fused-ring (bicyclic) bond motifs is 1. The molecule has 0 radical (unpaired) electrons. The van der Waals surface area contributed by atoms with E-state index in [1.165, 1.54) is 35.2 Å². The highest BCUT2D eigenvalue weighted by Crippen LogP contribution is 2.32. The smallest absolute Gasteiger partial charge is 0.273 e. The van der Waals surface area contributed by atoms with Crippen molar-refractivity contribution in [3.05, 3.63) is 107 Å². The first-order chi connectivity index (χ1) is 18.5. The van der Waals surface area contributed by atoms with Crippen molar-refractivity contribution in [2.45, 2.75) is 19.6 Å². The van der Waals surface area contributed by atoms with Gasteiger partial charge in [0.25, 0.3) is 11.8 Å². The number of hydrogen-bond donors (Lipinski definition) is 1. The Balaban J connectivity index is 1.28. The SMILES string of the molecule is COc1ccc(CN(Cc2cc(C(=O)NCc3ccc4c(c3)OCO4)no2)C(=O)c2ccc(F)cc2)cc1. The Bertz CT molecular complexity index is 1440. The standard InChI is InChI=1S/C28H24FN3O6/c1-35-22-9-2-18(3-10-22)15-32(28(34)20-5-7-21(29)8-6-20)16-23-13-24(31-38-23)27(33)30-14-19-4-11-25-26(12-19)37-17-36-25/h2-13H,14-17H2,1H3,(H,30,33). The van der Waals surface area contributed by atoms with Gasteiger partial charge < -0.3 is 29.0 Å². The molecular weight excluding hydrogens is 493 g/mol.